The standard InChI is InChI=1S/C18H20N4O3/c1-14(23)15-6-7-16(17(13-15)22(24)25)20-9-4-10-21(12-11-20)18-5-2-3-8-19-18/h2-3,5-8,13H,4,9-12H2,1H3. The van der Waals surface area contributed by atoms with E-state index in [9.17, 15) is 14.9 Å². The Hall–Kier alpha value is -2.96. The van der Waals surface area contributed by atoms with Crippen LogP contribution >= 0.6 is 0 Å². The lowest BCUT2D eigenvalue weighted by Gasteiger charge is -2.24. The Kier molecular flexibility index (Phi) is 4.92. The number of hydrogen-bond acceptors (Lipinski definition) is 6. The number of benzene rings is 1. The molecule has 0 saturated carbocycles. The fourth-order valence-corrected chi connectivity index (χ4v) is 3.08. The van der Waals surface area contributed by atoms with E-state index in [1.807, 2.05) is 23.1 Å². The van der Waals surface area contributed by atoms with Gasteiger partial charge in [0.15, 0.2) is 5.78 Å². The third-order valence-corrected chi connectivity index (χ3v) is 4.39. The Morgan fingerprint density at radius 3 is 2.56 bits per heavy atom. The van der Waals surface area contributed by atoms with Gasteiger partial charge in [-0.1, -0.05) is 6.07 Å². The van der Waals surface area contributed by atoms with Crippen LogP contribution in [0.25, 0.3) is 0 Å². The van der Waals surface area contributed by atoms with Crippen molar-refractivity contribution in [2.45, 2.75) is 13.3 Å². The molecular weight excluding hydrogens is 320 g/mol. The largest absolute Gasteiger partial charge is 0.364 e. The molecule has 2 heterocycles. The fraction of sp³-hybridized carbons (Fsp3) is 0.333. The molecule has 25 heavy (non-hydrogen) atoms. The quantitative estimate of drug-likeness (QED) is 0.484. The van der Waals surface area contributed by atoms with Crippen molar-refractivity contribution in [3.63, 3.8) is 0 Å². The van der Waals surface area contributed by atoms with Crippen molar-refractivity contribution >= 4 is 23.0 Å². The molecule has 0 aliphatic carbocycles. The maximum Gasteiger partial charge on any atom is 0.293 e. The van der Waals surface area contributed by atoms with Gasteiger partial charge in [0, 0.05) is 44.0 Å². The molecule has 0 N–H and O–H groups in total. The van der Waals surface area contributed by atoms with E-state index in [1.165, 1.54) is 13.0 Å². The molecule has 3 rings (SSSR count). The number of nitrogens with zero attached hydrogens (tertiary/aromatic N) is 4. The van der Waals surface area contributed by atoms with Gasteiger partial charge in [-0.2, -0.15) is 0 Å². The van der Waals surface area contributed by atoms with Gasteiger partial charge in [-0.05, 0) is 37.6 Å². The number of ketones is 1. The summed E-state index contributed by atoms with van der Waals surface area (Å²) >= 11 is 0. The highest BCUT2D eigenvalue weighted by molar-refractivity contribution is 5.95. The maximum atomic E-state index is 11.5. The summed E-state index contributed by atoms with van der Waals surface area (Å²) in [4.78, 5) is 31.1. The van der Waals surface area contributed by atoms with E-state index in [1.54, 1.807) is 18.3 Å². The summed E-state index contributed by atoms with van der Waals surface area (Å²) < 4.78 is 0. The van der Waals surface area contributed by atoms with Gasteiger partial charge in [0.1, 0.15) is 11.5 Å². The Labute approximate surface area is 146 Å². The first-order valence-electron chi connectivity index (χ1n) is 8.26. The smallest absolute Gasteiger partial charge is 0.293 e. The zero-order chi connectivity index (χ0) is 17.8. The number of pyridine rings is 1. The van der Waals surface area contributed by atoms with Gasteiger partial charge in [0.2, 0.25) is 0 Å². The van der Waals surface area contributed by atoms with Crippen molar-refractivity contribution in [3.05, 3.63) is 58.3 Å². The average molecular weight is 340 g/mol. The van der Waals surface area contributed by atoms with E-state index in [0.717, 1.165) is 31.9 Å². The molecule has 130 valence electrons. The minimum atomic E-state index is -0.414. The Bertz CT molecular complexity index is 779. The zero-order valence-electron chi connectivity index (χ0n) is 14.1. The first-order chi connectivity index (χ1) is 12.1. The van der Waals surface area contributed by atoms with E-state index >= 15 is 0 Å². The van der Waals surface area contributed by atoms with Crippen LogP contribution in [0.4, 0.5) is 17.2 Å². The topological polar surface area (TPSA) is 79.6 Å². The van der Waals surface area contributed by atoms with Crippen molar-refractivity contribution in [1.29, 1.82) is 0 Å². The molecule has 0 radical (unpaired) electrons. The minimum Gasteiger partial charge on any atom is -0.364 e. The summed E-state index contributed by atoms with van der Waals surface area (Å²) in [6.45, 7) is 4.39. The van der Waals surface area contributed by atoms with E-state index in [0.29, 0.717) is 17.8 Å². The molecule has 7 heteroatoms. The molecule has 0 bridgehead atoms. The molecule has 0 unspecified atom stereocenters. The van der Waals surface area contributed by atoms with Crippen molar-refractivity contribution in [2.75, 3.05) is 36.0 Å². The molecule has 0 atom stereocenters. The minimum absolute atomic E-state index is 0.0148. The lowest BCUT2D eigenvalue weighted by Crippen LogP contribution is -2.31. The fourth-order valence-electron chi connectivity index (χ4n) is 3.08. The predicted octanol–water partition coefficient (Wildman–Crippen LogP) is 2.91. The molecule has 1 saturated heterocycles. The van der Waals surface area contributed by atoms with Crippen LogP contribution in [0, 0.1) is 10.1 Å². The highest BCUT2D eigenvalue weighted by Gasteiger charge is 2.23. The molecule has 1 aliphatic rings. The number of carbonyl (C=O) groups is 1. The molecule has 0 amide bonds. The summed E-state index contributed by atoms with van der Waals surface area (Å²) in [5, 5.41) is 11.5. The second kappa shape index (κ2) is 7.29. The van der Waals surface area contributed by atoms with Crippen LogP contribution in [0.3, 0.4) is 0 Å². The summed E-state index contributed by atoms with van der Waals surface area (Å²) in [5.74, 6) is 0.748. The van der Waals surface area contributed by atoms with Gasteiger partial charge in [-0.15, -0.1) is 0 Å². The molecular formula is C18H20N4O3. The maximum absolute atomic E-state index is 11.5. The van der Waals surface area contributed by atoms with Crippen LogP contribution in [0.15, 0.2) is 42.6 Å². The van der Waals surface area contributed by atoms with E-state index in [-0.39, 0.29) is 11.5 Å². The van der Waals surface area contributed by atoms with Gasteiger partial charge >= 0.3 is 0 Å². The molecule has 1 fully saturated rings. The van der Waals surface area contributed by atoms with Crippen molar-refractivity contribution in [2.24, 2.45) is 0 Å². The first-order valence-corrected chi connectivity index (χ1v) is 8.26. The predicted molar refractivity (Wildman–Crippen MR) is 96.4 cm³/mol. The van der Waals surface area contributed by atoms with Gasteiger partial charge in [0.05, 0.1) is 4.92 Å². The van der Waals surface area contributed by atoms with Crippen LogP contribution in [0.5, 0.6) is 0 Å². The number of aromatic nitrogens is 1. The van der Waals surface area contributed by atoms with E-state index < -0.39 is 4.92 Å². The van der Waals surface area contributed by atoms with Gasteiger partial charge in [-0.3, -0.25) is 14.9 Å². The van der Waals surface area contributed by atoms with Crippen LogP contribution < -0.4 is 9.80 Å². The number of carbonyl (C=O) groups excluding carboxylic acids is 1. The van der Waals surface area contributed by atoms with Crippen molar-refractivity contribution in [3.8, 4) is 0 Å². The Morgan fingerprint density at radius 2 is 1.88 bits per heavy atom. The first kappa shape index (κ1) is 16.9. The monoisotopic (exact) mass is 340 g/mol. The number of hydrogen-bond donors (Lipinski definition) is 0. The molecule has 1 aromatic heterocycles. The summed E-state index contributed by atoms with van der Waals surface area (Å²) in [5.41, 5.74) is 0.914. The van der Waals surface area contributed by atoms with Crippen LogP contribution in [0.1, 0.15) is 23.7 Å². The van der Waals surface area contributed by atoms with Crippen molar-refractivity contribution in [1.82, 2.24) is 4.98 Å². The SMILES string of the molecule is CC(=O)c1ccc(N2CCCN(c3ccccn3)CC2)c([N+](=O)[O-])c1. The number of anilines is 2. The van der Waals surface area contributed by atoms with Crippen molar-refractivity contribution < 1.29 is 9.72 Å². The third-order valence-electron chi connectivity index (χ3n) is 4.39. The number of nitro groups is 1. The molecule has 1 aromatic carbocycles. The van der Waals surface area contributed by atoms with Crippen LogP contribution in [0.2, 0.25) is 0 Å². The number of Topliss-reactive ketones (excluding diaryl/α,β-unsaturated/α-hetero) is 1. The summed E-state index contributed by atoms with van der Waals surface area (Å²) in [6, 6.07) is 10.5. The second-order valence-corrected chi connectivity index (χ2v) is 6.03. The second-order valence-electron chi connectivity index (χ2n) is 6.03. The molecule has 2 aromatic rings. The summed E-state index contributed by atoms with van der Waals surface area (Å²) in [7, 11) is 0. The highest BCUT2D eigenvalue weighted by Crippen LogP contribution is 2.30. The van der Waals surface area contributed by atoms with Gasteiger partial charge in [0.25, 0.3) is 5.69 Å². The lowest BCUT2D eigenvalue weighted by molar-refractivity contribution is -0.384. The normalized spacial score (nSPS) is 14.9. The average Bonchev–Trinajstić information content (AvgIpc) is 2.88. The third kappa shape index (κ3) is 3.76. The van der Waals surface area contributed by atoms with E-state index in [2.05, 4.69) is 9.88 Å². The Balaban J connectivity index is 1.83. The van der Waals surface area contributed by atoms with Crippen LogP contribution in [-0.2, 0) is 0 Å². The Morgan fingerprint density at radius 1 is 1.12 bits per heavy atom. The molecule has 7 nitrogen and oxygen atoms in total. The van der Waals surface area contributed by atoms with Gasteiger partial charge in [-0.25, -0.2) is 4.98 Å². The summed E-state index contributed by atoms with van der Waals surface area (Å²) in [6.07, 6.45) is 2.64. The highest BCUT2D eigenvalue weighted by atomic mass is 16.6. The molecule has 0 spiro atoms. The molecule has 1 aliphatic heterocycles. The van der Waals surface area contributed by atoms with Crippen LogP contribution in [-0.4, -0.2) is 41.9 Å². The van der Waals surface area contributed by atoms with Gasteiger partial charge < -0.3 is 9.80 Å². The zero-order valence-corrected chi connectivity index (χ0v) is 14.1. The lowest BCUT2D eigenvalue weighted by atomic mass is 10.1. The van der Waals surface area contributed by atoms with E-state index in [4.69, 9.17) is 0 Å². The number of rotatable bonds is 4. The number of nitro benzene ring substituents is 1.